The summed E-state index contributed by atoms with van der Waals surface area (Å²) >= 11 is 6.91. The van der Waals surface area contributed by atoms with Crippen LogP contribution in [0.5, 0.6) is 0 Å². The molecule has 1 fully saturated rings. The van der Waals surface area contributed by atoms with Crippen LogP contribution in [0, 0.1) is 0 Å². The highest BCUT2D eigenvalue weighted by atomic mass is 79.9. The second kappa shape index (κ2) is 6.71. The van der Waals surface area contributed by atoms with Crippen molar-refractivity contribution in [1.82, 2.24) is 4.90 Å². The SMILES string of the molecule is O=C(c1ccccc1Br)N(CCCBr)C1CCC1. The molecule has 0 heterocycles. The third-order valence-corrected chi connectivity index (χ3v) is 4.67. The number of carbonyl (C=O) groups excluding carboxylic acids is 1. The van der Waals surface area contributed by atoms with E-state index in [1.54, 1.807) is 0 Å². The Balaban J connectivity index is 2.14. The molecular weight excluding hydrogens is 358 g/mol. The van der Waals surface area contributed by atoms with E-state index in [1.807, 2.05) is 29.2 Å². The summed E-state index contributed by atoms with van der Waals surface area (Å²) in [7, 11) is 0. The molecular formula is C14H17Br2NO. The van der Waals surface area contributed by atoms with Crippen molar-refractivity contribution in [3.8, 4) is 0 Å². The first kappa shape index (κ1) is 14.1. The van der Waals surface area contributed by atoms with Gasteiger partial charge in [0.15, 0.2) is 0 Å². The number of carbonyl (C=O) groups is 1. The molecule has 1 aliphatic rings. The molecule has 18 heavy (non-hydrogen) atoms. The maximum absolute atomic E-state index is 12.6. The largest absolute Gasteiger partial charge is 0.336 e. The maximum Gasteiger partial charge on any atom is 0.255 e. The van der Waals surface area contributed by atoms with Gasteiger partial charge in [-0.15, -0.1) is 0 Å². The van der Waals surface area contributed by atoms with Crippen molar-refractivity contribution in [2.45, 2.75) is 31.7 Å². The lowest BCUT2D eigenvalue weighted by Gasteiger charge is -2.37. The predicted octanol–water partition coefficient (Wildman–Crippen LogP) is 4.23. The van der Waals surface area contributed by atoms with E-state index in [2.05, 4.69) is 31.9 Å². The molecule has 1 aromatic carbocycles. The molecule has 0 aliphatic heterocycles. The molecule has 4 heteroatoms. The van der Waals surface area contributed by atoms with E-state index in [9.17, 15) is 4.79 Å². The molecule has 0 radical (unpaired) electrons. The number of alkyl halides is 1. The van der Waals surface area contributed by atoms with E-state index >= 15 is 0 Å². The molecule has 1 saturated carbocycles. The highest BCUT2D eigenvalue weighted by Crippen LogP contribution is 2.28. The number of rotatable bonds is 5. The highest BCUT2D eigenvalue weighted by molar-refractivity contribution is 9.10. The molecule has 0 saturated heterocycles. The molecule has 1 amide bonds. The van der Waals surface area contributed by atoms with Gasteiger partial charge in [0.05, 0.1) is 5.56 Å². The minimum absolute atomic E-state index is 0.160. The summed E-state index contributed by atoms with van der Waals surface area (Å²) in [5.74, 6) is 0.160. The zero-order valence-corrected chi connectivity index (χ0v) is 13.4. The van der Waals surface area contributed by atoms with E-state index in [0.29, 0.717) is 6.04 Å². The van der Waals surface area contributed by atoms with Crippen LogP contribution in [0.25, 0.3) is 0 Å². The van der Waals surface area contributed by atoms with E-state index in [0.717, 1.165) is 41.2 Å². The van der Waals surface area contributed by atoms with Crippen LogP contribution in [0.2, 0.25) is 0 Å². The summed E-state index contributed by atoms with van der Waals surface area (Å²) in [5, 5.41) is 0.944. The Morgan fingerprint density at radius 1 is 1.33 bits per heavy atom. The average molecular weight is 375 g/mol. The Labute approximate surface area is 125 Å². The molecule has 98 valence electrons. The summed E-state index contributed by atoms with van der Waals surface area (Å²) in [6, 6.07) is 8.13. The number of nitrogens with zero attached hydrogens (tertiary/aromatic N) is 1. The predicted molar refractivity (Wildman–Crippen MR) is 81.2 cm³/mol. The standard InChI is InChI=1S/C14H17Br2NO/c15-9-4-10-17(11-5-3-6-11)14(18)12-7-1-2-8-13(12)16/h1-2,7-8,11H,3-6,9-10H2. The molecule has 2 nitrogen and oxygen atoms in total. The van der Waals surface area contributed by atoms with Gasteiger partial charge < -0.3 is 4.90 Å². The molecule has 0 atom stereocenters. The molecule has 2 rings (SSSR count). The smallest absolute Gasteiger partial charge is 0.255 e. The summed E-state index contributed by atoms with van der Waals surface area (Å²) < 4.78 is 0.887. The fourth-order valence-electron chi connectivity index (χ4n) is 2.17. The van der Waals surface area contributed by atoms with Gasteiger partial charge in [0.1, 0.15) is 0 Å². The normalized spacial score (nSPS) is 15.2. The van der Waals surface area contributed by atoms with Crippen LogP contribution in [0.15, 0.2) is 28.7 Å². The number of hydrogen-bond donors (Lipinski definition) is 0. The van der Waals surface area contributed by atoms with Crippen molar-refractivity contribution in [3.63, 3.8) is 0 Å². The summed E-state index contributed by atoms with van der Waals surface area (Å²) in [4.78, 5) is 14.6. The number of halogens is 2. The zero-order chi connectivity index (χ0) is 13.0. The van der Waals surface area contributed by atoms with Gasteiger partial charge in [-0.3, -0.25) is 4.79 Å². The Morgan fingerprint density at radius 3 is 2.61 bits per heavy atom. The highest BCUT2D eigenvalue weighted by Gasteiger charge is 2.29. The quantitative estimate of drug-likeness (QED) is 0.706. The third-order valence-electron chi connectivity index (χ3n) is 3.41. The van der Waals surface area contributed by atoms with Crippen LogP contribution < -0.4 is 0 Å². The van der Waals surface area contributed by atoms with Crippen LogP contribution >= 0.6 is 31.9 Å². The van der Waals surface area contributed by atoms with Gasteiger partial charge in [-0.25, -0.2) is 0 Å². The number of hydrogen-bond acceptors (Lipinski definition) is 1. The molecule has 0 N–H and O–H groups in total. The second-order valence-electron chi connectivity index (χ2n) is 4.61. The van der Waals surface area contributed by atoms with Crippen molar-refractivity contribution < 1.29 is 4.79 Å². The van der Waals surface area contributed by atoms with Crippen molar-refractivity contribution in [3.05, 3.63) is 34.3 Å². The number of benzene rings is 1. The van der Waals surface area contributed by atoms with Gasteiger partial charge in [0.25, 0.3) is 5.91 Å². The second-order valence-corrected chi connectivity index (χ2v) is 6.25. The third kappa shape index (κ3) is 3.15. The van der Waals surface area contributed by atoms with Gasteiger partial charge in [-0.05, 0) is 53.7 Å². The van der Waals surface area contributed by atoms with Gasteiger partial charge in [0.2, 0.25) is 0 Å². The van der Waals surface area contributed by atoms with E-state index in [4.69, 9.17) is 0 Å². The van der Waals surface area contributed by atoms with Crippen molar-refractivity contribution in [2.75, 3.05) is 11.9 Å². The van der Waals surface area contributed by atoms with Crippen LogP contribution in [-0.4, -0.2) is 28.7 Å². The van der Waals surface area contributed by atoms with Crippen LogP contribution in [-0.2, 0) is 0 Å². The van der Waals surface area contributed by atoms with Crippen LogP contribution in [0.1, 0.15) is 36.0 Å². The van der Waals surface area contributed by atoms with Crippen molar-refractivity contribution in [2.24, 2.45) is 0 Å². The molecule has 0 unspecified atom stereocenters. The van der Waals surface area contributed by atoms with Crippen LogP contribution in [0.3, 0.4) is 0 Å². The minimum atomic E-state index is 0.160. The lowest BCUT2D eigenvalue weighted by atomic mass is 9.91. The molecule has 1 aliphatic carbocycles. The fourth-order valence-corrected chi connectivity index (χ4v) is 2.87. The van der Waals surface area contributed by atoms with Gasteiger partial charge in [0, 0.05) is 22.4 Å². The first-order chi connectivity index (χ1) is 8.74. The topological polar surface area (TPSA) is 20.3 Å². The lowest BCUT2D eigenvalue weighted by Crippen LogP contribution is -2.45. The monoisotopic (exact) mass is 373 g/mol. The lowest BCUT2D eigenvalue weighted by molar-refractivity contribution is 0.0580. The maximum atomic E-state index is 12.6. The minimum Gasteiger partial charge on any atom is -0.336 e. The van der Waals surface area contributed by atoms with Gasteiger partial charge >= 0.3 is 0 Å². The van der Waals surface area contributed by atoms with E-state index in [-0.39, 0.29) is 5.91 Å². The Bertz CT molecular complexity index is 418. The van der Waals surface area contributed by atoms with Crippen LogP contribution in [0.4, 0.5) is 0 Å². The zero-order valence-electron chi connectivity index (χ0n) is 10.2. The molecule has 0 aromatic heterocycles. The first-order valence-electron chi connectivity index (χ1n) is 6.35. The summed E-state index contributed by atoms with van der Waals surface area (Å²) in [5.41, 5.74) is 0.777. The Morgan fingerprint density at radius 2 is 2.06 bits per heavy atom. The Hall–Kier alpha value is -0.350. The average Bonchev–Trinajstić information content (AvgIpc) is 2.32. The first-order valence-corrected chi connectivity index (χ1v) is 8.27. The Kier molecular flexibility index (Phi) is 5.25. The summed E-state index contributed by atoms with van der Waals surface area (Å²) in [6.45, 7) is 0.843. The fraction of sp³-hybridized carbons (Fsp3) is 0.500. The van der Waals surface area contributed by atoms with Crippen molar-refractivity contribution in [1.29, 1.82) is 0 Å². The molecule has 1 aromatic rings. The molecule has 0 spiro atoms. The van der Waals surface area contributed by atoms with E-state index < -0.39 is 0 Å². The summed E-state index contributed by atoms with van der Waals surface area (Å²) in [6.07, 6.45) is 4.56. The van der Waals surface area contributed by atoms with Gasteiger partial charge in [-0.1, -0.05) is 28.1 Å². The van der Waals surface area contributed by atoms with E-state index in [1.165, 1.54) is 6.42 Å². The number of amides is 1. The van der Waals surface area contributed by atoms with Gasteiger partial charge in [-0.2, -0.15) is 0 Å². The van der Waals surface area contributed by atoms with Crippen molar-refractivity contribution >= 4 is 37.8 Å². The molecule has 0 bridgehead atoms.